The molecule has 0 saturated carbocycles. The Morgan fingerprint density at radius 2 is 1.75 bits per heavy atom. The Morgan fingerprint density at radius 3 is 2.25 bits per heavy atom. The van der Waals surface area contributed by atoms with Gasteiger partial charge in [-0.1, -0.05) is 12.2 Å². The lowest BCUT2D eigenvalue weighted by molar-refractivity contribution is -0.136. The van der Waals surface area contributed by atoms with Gasteiger partial charge in [-0.05, 0) is 33.4 Å². The average Bonchev–Trinajstić information content (AvgIpc) is 3.06. The number of hydrogen-bond donors (Lipinski definition) is 1. The van der Waals surface area contributed by atoms with Gasteiger partial charge >= 0.3 is 0 Å². The van der Waals surface area contributed by atoms with Crippen LogP contribution >= 0.6 is 24.0 Å². The molecule has 2 amide bonds. The van der Waals surface area contributed by atoms with E-state index in [0.29, 0.717) is 38.7 Å². The van der Waals surface area contributed by atoms with E-state index in [0.717, 1.165) is 25.0 Å². The minimum Gasteiger partial charge on any atom is -0.352 e. The normalized spacial score (nSPS) is 20.6. The molecule has 2 heterocycles. The lowest BCUT2D eigenvalue weighted by atomic mass is 10.1. The molecule has 0 radical (unpaired) electrons. The minimum atomic E-state index is -0.0392. The second-order valence-corrected chi connectivity index (χ2v) is 7.69. The zero-order valence-corrected chi connectivity index (χ0v) is 19.9. The van der Waals surface area contributed by atoms with Crippen LogP contribution in [0.2, 0.25) is 0 Å². The average molecular weight is 506 g/mol. The molecule has 2 saturated heterocycles. The largest absolute Gasteiger partial charge is 0.352 e. The van der Waals surface area contributed by atoms with Gasteiger partial charge in [0, 0.05) is 46.8 Å². The van der Waals surface area contributed by atoms with E-state index in [9.17, 15) is 9.59 Å². The number of nitrogens with one attached hydrogen (secondary N) is 1. The quantitative estimate of drug-likeness (QED) is 0.254. The summed E-state index contributed by atoms with van der Waals surface area (Å²) >= 11 is 0. The van der Waals surface area contributed by atoms with Gasteiger partial charge in [-0.25, -0.2) is 4.99 Å². The first-order chi connectivity index (χ1) is 12.8. The van der Waals surface area contributed by atoms with E-state index in [-0.39, 0.29) is 48.4 Å². The smallest absolute Gasteiger partial charge is 0.243 e. The fourth-order valence-electron chi connectivity index (χ4n) is 3.35. The van der Waals surface area contributed by atoms with Crippen LogP contribution in [0, 0.1) is 0 Å². The molecule has 2 aliphatic heterocycles. The molecule has 9 heteroatoms. The van der Waals surface area contributed by atoms with Crippen LogP contribution in [0.15, 0.2) is 17.1 Å². The number of hydrogen-bond acceptors (Lipinski definition) is 4. The highest BCUT2D eigenvalue weighted by Gasteiger charge is 2.33. The Balaban J connectivity index is 0.00000392. The Morgan fingerprint density at radius 1 is 1.14 bits per heavy atom. The van der Waals surface area contributed by atoms with Crippen molar-refractivity contribution in [3.05, 3.63) is 12.2 Å². The van der Waals surface area contributed by atoms with Gasteiger partial charge in [-0.2, -0.15) is 0 Å². The fraction of sp³-hybridized carbons (Fsp3) is 0.737. The summed E-state index contributed by atoms with van der Waals surface area (Å²) in [5, 5.41) is 3.28. The van der Waals surface area contributed by atoms with Crippen LogP contribution in [-0.4, -0.2) is 110 Å². The predicted octanol–water partition coefficient (Wildman–Crippen LogP) is 0.453. The number of nitrogens with zero attached hydrogens (tertiary/aromatic N) is 5. The number of aliphatic imine (C=N–C) groups is 1. The summed E-state index contributed by atoms with van der Waals surface area (Å²) in [5.41, 5.74) is 1.000. The second-order valence-electron chi connectivity index (χ2n) is 7.69. The molecule has 0 spiro atoms. The van der Waals surface area contributed by atoms with Crippen molar-refractivity contribution < 1.29 is 9.59 Å². The van der Waals surface area contributed by atoms with E-state index < -0.39 is 0 Å². The van der Waals surface area contributed by atoms with Crippen molar-refractivity contribution in [1.29, 1.82) is 0 Å². The number of rotatable bonds is 5. The molecule has 0 aromatic rings. The van der Waals surface area contributed by atoms with Crippen LogP contribution < -0.4 is 5.32 Å². The molecule has 2 aliphatic rings. The first-order valence-electron chi connectivity index (χ1n) is 9.66. The monoisotopic (exact) mass is 506 g/mol. The molecule has 1 N–H and O–H groups in total. The molecule has 0 aliphatic carbocycles. The van der Waals surface area contributed by atoms with Crippen LogP contribution in [0.25, 0.3) is 0 Å². The predicted molar refractivity (Wildman–Crippen MR) is 123 cm³/mol. The molecule has 28 heavy (non-hydrogen) atoms. The lowest BCUT2D eigenvalue weighted by Gasteiger charge is -2.38. The van der Waals surface area contributed by atoms with Gasteiger partial charge in [0.15, 0.2) is 5.96 Å². The Labute approximate surface area is 186 Å². The van der Waals surface area contributed by atoms with Gasteiger partial charge in [0.25, 0.3) is 0 Å². The summed E-state index contributed by atoms with van der Waals surface area (Å²) in [6, 6.07) is 0.0314. The number of halogens is 1. The van der Waals surface area contributed by atoms with E-state index >= 15 is 0 Å². The van der Waals surface area contributed by atoms with E-state index in [1.807, 2.05) is 18.9 Å². The fourth-order valence-corrected chi connectivity index (χ4v) is 3.35. The number of guanidine groups is 1. The third-order valence-electron chi connectivity index (χ3n) is 5.11. The molecule has 0 aromatic heterocycles. The van der Waals surface area contributed by atoms with Crippen molar-refractivity contribution in [2.75, 3.05) is 67.0 Å². The summed E-state index contributed by atoms with van der Waals surface area (Å²) in [7, 11) is 5.48. The Hall–Kier alpha value is -1.36. The number of carbonyl (C=O) groups is 2. The summed E-state index contributed by atoms with van der Waals surface area (Å²) in [5.74, 6) is 0.909. The van der Waals surface area contributed by atoms with Crippen molar-refractivity contribution in [2.24, 2.45) is 4.99 Å². The van der Waals surface area contributed by atoms with E-state index in [1.54, 1.807) is 14.1 Å². The number of carbonyl (C=O) groups excluding carboxylic acids is 2. The van der Waals surface area contributed by atoms with Crippen LogP contribution in [0.5, 0.6) is 0 Å². The van der Waals surface area contributed by atoms with Crippen molar-refractivity contribution >= 4 is 41.8 Å². The molecule has 2 fully saturated rings. The highest BCUT2D eigenvalue weighted by Crippen LogP contribution is 2.18. The van der Waals surface area contributed by atoms with Crippen molar-refractivity contribution in [3.8, 4) is 0 Å². The first kappa shape index (κ1) is 24.7. The molecule has 1 unspecified atom stereocenters. The third kappa shape index (κ3) is 6.91. The van der Waals surface area contributed by atoms with Gasteiger partial charge in [0.2, 0.25) is 11.8 Å². The van der Waals surface area contributed by atoms with Crippen molar-refractivity contribution in [3.63, 3.8) is 0 Å². The summed E-state index contributed by atoms with van der Waals surface area (Å²) < 4.78 is 0. The maximum Gasteiger partial charge on any atom is 0.243 e. The van der Waals surface area contributed by atoms with Gasteiger partial charge < -0.3 is 20.0 Å². The zero-order chi connectivity index (χ0) is 20.0. The summed E-state index contributed by atoms with van der Waals surface area (Å²) in [6.07, 6.45) is 2.05. The maximum absolute atomic E-state index is 12.8. The number of piperazine rings is 1. The molecular weight excluding hydrogens is 471 g/mol. The first-order valence-corrected chi connectivity index (χ1v) is 9.66. The highest BCUT2D eigenvalue weighted by molar-refractivity contribution is 14.0. The molecule has 0 bridgehead atoms. The van der Waals surface area contributed by atoms with Gasteiger partial charge in [0.05, 0.1) is 6.04 Å². The van der Waals surface area contributed by atoms with Crippen LogP contribution in [-0.2, 0) is 9.59 Å². The van der Waals surface area contributed by atoms with E-state index in [1.165, 1.54) is 4.90 Å². The summed E-state index contributed by atoms with van der Waals surface area (Å²) in [4.78, 5) is 36.9. The van der Waals surface area contributed by atoms with Gasteiger partial charge in [-0.15, -0.1) is 24.0 Å². The molecule has 1 atom stereocenters. The Kier molecular flexibility index (Phi) is 10.2. The number of likely N-dealkylation sites (N-methyl/N-ethyl adjacent to an activating group) is 2. The van der Waals surface area contributed by atoms with Crippen LogP contribution in [0.3, 0.4) is 0 Å². The van der Waals surface area contributed by atoms with Gasteiger partial charge in [0.1, 0.15) is 6.54 Å². The standard InChI is InChI=1S/C19H34N6O2.HI/c1-15(2)13-20-19(21-14-17(26)22(3)4)25-11-9-24(10-12-25)18(27)16-7-6-8-23(16)5;/h16H,1,6-14H2,2-5H3,(H,20,21);1H. The zero-order valence-electron chi connectivity index (χ0n) is 17.6. The number of amides is 2. The molecule has 160 valence electrons. The topological polar surface area (TPSA) is 71.5 Å². The maximum atomic E-state index is 12.8. The summed E-state index contributed by atoms with van der Waals surface area (Å²) in [6.45, 7) is 10.4. The highest BCUT2D eigenvalue weighted by atomic mass is 127. The number of likely N-dealkylation sites (tertiary alicyclic amines) is 1. The Bertz CT molecular complexity index is 587. The SMILES string of the molecule is C=C(C)CNC(=NCC(=O)N(C)C)N1CCN(C(=O)C2CCCN2C)CC1.I. The second kappa shape index (κ2) is 11.6. The molecule has 0 aromatic carbocycles. The third-order valence-corrected chi connectivity index (χ3v) is 5.11. The van der Waals surface area contributed by atoms with E-state index in [2.05, 4.69) is 26.7 Å². The van der Waals surface area contributed by atoms with E-state index in [4.69, 9.17) is 0 Å². The van der Waals surface area contributed by atoms with Crippen molar-refractivity contribution in [1.82, 2.24) is 24.9 Å². The van der Waals surface area contributed by atoms with Gasteiger partial charge in [-0.3, -0.25) is 14.5 Å². The van der Waals surface area contributed by atoms with Crippen LogP contribution in [0.1, 0.15) is 19.8 Å². The molecule has 2 rings (SSSR count). The minimum absolute atomic E-state index is 0. The molecule has 8 nitrogen and oxygen atoms in total. The molecular formula is C19H35IN6O2. The van der Waals surface area contributed by atoms with Crippen LogP contribution in [0.4, 0.5) is 0 Å². The van der Waals surface area contributed by atoms with Crippen molar-refractivity contribution in [2.45, 2.75) is 25.8 Å². The lowest BCUT2D eigenvalue weighted by Crippen LogP contribution is -2.56.